The van der Waals surface area contributed by atoms with Gasteiger partial charge in [-0.25, -0.2) is 0 Å². The lowest BCUT2D eigenvalue weighted by Crippen LogP contribution is -2.24. The van der Waals surface area contributed by atoms with Crippen molar-refractivity contribution in [2.75, 3.05) is 20.3 Å². The number of methoxy groups -OCH3 is 1. The molecule has 1 saturated heterocycles. The van der Waals surface area contributed by atoms with Crippen molar-refractivity contribution >= 4 is 12.4 Å². The lowest BCUT2D eigenvalue weighted by molar-refractivity contribution is 0.114. The highest BCUT2D eigenvalue weighted by Crippen LogP contribution is 2.07. The predicted octanol–water partition coefficient (Wildman–Crippen LogP) is -0.223. The van der Waals surface area contributed by atoms with E-state index >= 15 is 0 Å². The highest BCUT2D eigenvalue weighted by Gasteiger charge is 2.22. The molecule has 0 aromatic heterocycles. The molecule has 1 aliphatic heterocycles. The Morgan fingerprint density at radius 2 is 2.40 bits per heavy atom. The molecule has 1 fully saturated rings. The quantitative estimate of drug-likeness (QED) is 0.598. The van der Waals surface area contributed by atoms with Crippen LogP contribution in [0.25, 0.3) is 0 Å². The first kappa shape index (κ1) is 10.2. The molecule has 0 aromatic rings. The lowest BCUT2D eigenvalue weighted by atomic mass is 10.2. The molecule has 0 amide bonds. The van der Waals surface area contributed by atoms with Crippen LogP contribution in [0, 0.1) is 0 Å². The smallest absolute Gasteiger partial charge is 0.0711 e. The average Bonchev–Trinajstić information content (AvgIpc) is 2.34. The van der Waals surface area contributed by atoms with E-state index in [0.717, 1.165) is 13.0 Å². The third kappa shape index (κ3) is 2.42. The fourth-order valence-corrected chi connectivity index (χ4v) is 1.10. The van der Waals surface area contributed by atoms with Gasteiger partial charge in [-0.3, -0.25) is 0 Å². The number of aliphatic hydroxyl groups is 1. The molecule has 10 heavy (non-hydrogen) atoms. The Morgan fingerprint density at radius 3 is 2.70 bits per heavy atom. The van der Waals surface area contributed by atoms with Crippen molar-refractivity contribution in [1.29, 1.82) is 0 Å². The van der Waals surface area contributed by atoms with Crippen LogP contribution < -0.4 is 5.32 Å². The second-order valence-corrected chi connectivity index (χ2v) is 2.38. The number of hydrogen-bond donors (Lipinski definition) is 2. The normalized spacial score (nSPS) is 31.8. The molecule has 3 nitrogen and oxygen atoms in total. The van der Waals surface area contributed by atoms with Crippen LogP contribution >= 0.6 is 12.4 Å². The van der Waals surface area contributed by atoms with Crippen LogP contribution in [-0.2, 0) is 4.74 Å². The summed E-state index contributed by atoms with van der Waals surface area (Å²) in [5, 5.41) is 11.8. The monoisotopic (exact) mass is 167 g/mol. The molecular weight excluding hydrogens is 154 g/mol. The van der Waals surface area contributed by atoms with E-state index in [4.69, 9.17) is 9.84 Å². The number of hydrogen-bond acceptors (Lipinski definition) is 3. The zero-order valence-electron chi connectivity index (χ0n) is 6.04. The van der Waals surface area contributed by atoms with E-state index in [1.54, 1.807) is 7.11 Å². The van der Waals surface area contributed by atoms with E-state index in [1.807, 2.05) is 0 Å². The van der Waals surface area contributed by atoms with Gasteiger partial charge in [-0.1, -0.05) is 0 Å². The van der Waals surface area contributed by atoms with Crippen LogP contribution in [0.15, 0.2) is 0 Å². The topological polar surface area (TPSA) is 41.5 Å². The molecule has 0 saturated carbocycles. The van der Waals surface area contributed by atoms with Gasteiger partial charge in [0.2, 0.25) is 0 Å². The standard InChI is InChI=1S/C6H13NO2.ClH/c1-9-6-2-5(4-8)7-3-6;/h5-8H,2-4H2,1H3;1H/t5-,6-;/m0./s1. The molecule has 0 unspecified atom stereocenters. The summed E-state index contributed by atoms with van der Waals surface area (Å²) >= 11 is 0. The van der Waals surface area contributed by atoms with Crippen molar-refractivity contribution in [3.05, 3.63) is 0 Å². The molecule has 1 heterocycles. The van der Waals surface area contributed by atoms with Crippen molar-refractivity contribution in [2.24, 2.45) is 0 Å². The predicted molar refractivity (Wildman–Crippen MR) is 41.5 cm³/mol. The van der Waals surface area contributed by atoms with Crippen LogP contribution in [0.3, 0.4) is 0 Å². The first-order valence-electron chi connectivity index (χ1n) is 3.24. The zero-order chi connectivity index (χ0) is 6.69. The van der Waals surface area contributed by atoms with Gasteiger partial charge < -0.3 is 15.2 Å². The number of halogens is 1. The SMILES string of the molecule is CO[C@@H]1CN[C@H](CO)C1.Cl. The first-order chi connectivity index (χ1) is 4.36. The minimum absolute atomic E-state index is 0. The summed E-state index contributed by atoms with van der Waals surface area (Å²) in [6.45, 7) is 1.10. The fourth-order valence-electron chi connectivity index (χ4n) is 1.10. The molecule has 62 valence electrons. The van der Waals surface area contributed by atoms with E-state index in [0.29, 0.717) is 6.10 Å². The molecular formula is C6H14ClNO2. The lowest BCUT2D eigenvalue weighted by Gasteiger charge is -2.04. The maximum absolute atomic E-state index is 8.66. The van der Waals surface area contributed by atoms with Gasteiger partial charge in [0, 0.05) is 19.7 Å². The van der Waals surface area contributed by atoms with Crippen LogP contribution in [0.1, 0.15) is 6.42 Å². The molecule has 0 radical (unpaired) electrons. The van der Waals surface area contributed by atoms with E-state index in [-0.39, 0.29) is 25.1 Å². The van der Waals surface area contributed by atoms with Crippen molar-refractivity contribution in [3.8, 4) is 0 Å². The van der Waals surface area contributed by atoms with Gasteiger partial charge in [0.1, 0.15) is 0 Å². The van der Waals surface area contributed by atoms with Crippen molar-refractivity contribution in [2.45, 2.75) is 18.6 Å². The summed E-state index contributed by atoms with van der Waals surface area (Å²) in [6, 6.07) is 0.259. The van der Waals surface area contributed by atoms with Gasteiger partial charge in [-0.2, -0.15) is 0 Å². The summed E-state index contributed by atoms with van der Waals surface area (Å²) in [4.78, 5) is 0. The van der Waals surface area contributed by atoms with E-state index in [9.17, 15) is 0 Å². The zero-order valence-corrected chi connectivity index (χ0v) is 6.86. The van der Waals surface area contributed by atoms with Crippen LogP contribution in [0.5, 0.6) is 0 Å². The number of ether oxygens (including phenoxy) is 1. The summed E-state index contributed by atoms with van der Waals surface area (Å²) < 4.78 is 5.07. The number of aliphatic hydroxyl groups excluding tert-OH is 1. The molecule has 0 bridgehead atoms. The summed E-state index contributed by atoms with van der Waals surface area (Å²) in [6.07, 6.45) is 1.25. The maximum Gasteiger partial charge on any atom is 0.0711 e. The minimum Gasteiger partial charge on any atom is -0.395 e. The molecule has 1 rings (SSSR count). The highest BCUT2D eigenvalue weighted by molar-refractivity contribution is 5.85. The van der Waals surface area contributed by atoms with Gasteiger partial charge in [0.15, 0.2) is 0 Å². The molecule has 0 aromatic carbocycles. The number of rotatable bonds is 2. The van der Waals surface area contributed by atoms with Crippen LogP contribution in [0.4, 0.5) is 0 Å². The van der Waals surface area contributed by atoms with Crippen LogP contribution in [0.2, 0.25) is 0 Å². The Balaban J connectivity index is 0.000000810. The third-order valence-electron chi connectivity index (χ3n) is 1.74. The fraction of sp³-hybridized carbons (Fsp3) is 1.00. The molecule has 1 aliphatic rings. The summed E-state index contributed by atoms with van der Waals surface area (Å²) in [5.74, 6) is 0. The second-order valence-electron chi connectivity index (χ2n) is 2.38. The van der Waals surface area contributed by atoms with E-state index in [2.05, 4.69) is 5.32 Å². The molecule has 0 aliphatic carbocycles. The minimum atomic E-state index is 0. The summed E-state index contributed by atoms with van der Waals surface area (Å²) in [5.41, 5.74) is 0. The molecule has 0 spiro atoms. The molecule has 4 heteroatoms. The Labute approximate surface area is 67.2 Å². The third-order valence-corrected chi connectivity index (χ3v) is 1.74. The van der Waals surface area contributed by atoms with Crippen molar-refractivity contribution in [1.82, 2.24) is 5.32 Å². The average molecular weight is 168 g/mol. The van der Waals surface area contributed by atoms with Gasteiger partial charge in [-0.05, 0) is 6.42 Å². The Hall–Kier alpha value is 0.170. The van der Waals surface area contributed by atoms with E-state index in [1.165, 1.54) is 0 Å². The van der Waals surface area contributed by atoms with E-state index < -0.39 is 0 Å². The van der Waals surface area contributed by atoms with Gasteiger partial charge >= 0.3 is 0 Å². The molecule has 2 atom stereocenters. The Morgan fingerprint density at radius 1 is 1.70 bits per heavy atom. The van der Waals surface area contributed by atoms with Gasteiger partial charge in [0.05, 0.1) is 12.7 Å². The Bertz CT molecular complexity index is 81.8. The second kappa shape index (κ2) is 4.91. The Kier molecular flexibility index (Phi) is 4.99. The molecule has 2 N–H and O–H groups in total. The largest absolute Gasteiger partial charge is 0.395 e. The maximum atomic E-state index is 8.66. The highest BCUT2D eigenvalue weighted by atomic mass is 35.5. The van der Waals surface area contributed by atoms with Crippen molar-refractivity contribution < 1.29 is 9.84 Å². The first-order valence-corrected chi connectivity index (χ1v) is 3.24. The van der Waals surface area contributed by atoms with Gasteiger partial charge in [0.25, 0.3) is 0 Å². The van der Waals surface area contributed by atoms with Crippen LogP contribution in [-0.4, -0.2) is 37.5 Å². The summed E-state index contributed by atoms with van der Waals surface area (Å²) in [7, 11) is 1.70. The van der Waals surface area contributed by atoms with Gasteiger partial charge in [-0.15, -0.1) is 12.4 Å². The van der Waals surface area contributed by atoms with Crippen molar-refractivity contribution in [3.63, 3.8) is 0 Å². The number of nitrogens with one attached hydrogen (secondary N) is 1.